The van der Waals surface area contributed by atoms with Gasteiger partial charge in [0.15, 0.2) is 0 Å². The number of nitrogens with zero attached hydrogens (tertiary/aromatic N) is 2. The maximum Gasteiger partial charge on any atom is 0.124 e. The Morgan fingerprint density at radius 2 is 1.76 bits per heavy atom. The number of hydrogen-bond acceptors (Lipinski definition) is 5. The molecule has 0 saturated carbocycles. The van der Waals surface area contributed by atoms with Crippen LogP contribution in [0.5, 0.6) is 11.5 Å². The molecule has 1 fully saturated rings. The molecule has 0 radical (unpaired) electrons. The fourth-order valence-electron chi connectivity index (χ4n) is 2.73. The molecule has 0 aliphatic carbocycles. The standard InChI is InChI=1S/C16H26N2O3/c1-4-17-7-9-18(10-8-17)12-15(19)14-11-13(20-2)5-6-16(14)21-3/h5-6,11,15,19H,4,7-10,12H2,1-3H3. The predicted octanol–water partition coefficient (Wildman–Crippen LogP) is 1.37. The molecule has 1 atom stereocenters. The highest BCUT2D eigenvalue weighted by Crippen LogP contribution is 2.30. The van der Waals surface area contributed by atoms with Crippen molar-refractivity contribution in [1.82, 2.24) is 9.80 Å². The molecule has 0 aromatic heterocycles. The van der Waals surface area contributed by atoms with Crippen LogP contribution in [0, 0.1) is 0 Å². The summed E-state index contributed by atoms with van der Waals surface area (Å²) in [4.78, 5) is 4.73. The van der Waals surface area contributed by atoms with Crippen LogP contribution in [-0.4, -0.2) is 68.4 Å². The number of likely N-dealkylation sites (N-methyl/N-ethyl adjacent to an activating group) is 1. The number of methoxy groups -OCH3 is 2. The lowest BCUT2D eigenvalue weighted by atomic mass is 10.1. The zero-order valence-electron chi connectivity index (χ0n) is 13.2. The molecule has 118 valence electrons. The summed E-state index contributed by atoms with van der Waals surface area (Å²) in [6.45, 7) is 8.04. The van der Waals surface area contributed by atoms with Gasteiger partial charge >= 0.3 is 0 Å². The van der Waals surface area contributed by atoms with E-state index >= 15 is 0 Å². The molecule has 21 heavy (non-hydrogen) atoms. The number of rotatable bonds is 6. The van der Waals surface area contributed by atoms with E-state index in [-0.39, 0.29) is 0 Å². The number of benzene rings is 1. The van der Waals surface area contributed by atoms with Crippen LogP contribution >= 0.6 is 0 Å². The van der Waals surface area contributed by atoms with Crippen LogP contribution < -0.4 is 9.47 Å². The van der Waals surface area contributed by atoms with E-state index in [0.717, 1.165) is 44.0 Å². The zero-order chi connectivity index (χ0) is 15.2. The lowest BCUT2D eigenvalue weighted by molar-refractivity contribution is 0.0730. The molecule has 1 aromatic carbocycles. The van der Waals surface area contributed by atoms with Gasteiger partial charge in [0.1, 0.15) is 11.5 Å². The quantitative estimate of drug-likeness (QED) is 0.858. The van der Waals surface area contributed by atoms with E-state index in [1.54, 1.807) is 14.2 Å². The van der Waals surface area contributed by atoms with Gasteiger partial charge < -0.3 is 19.5 Å². The van der Waals surface area contributed by atoms with Crippen LogP contribution in [0.1, 0.15) is 18.6 Å². The summed E-state index contributed by atoms with van der Waals surface area (Å²) in [5, 5.41) is 10.5. The highest BCUT2D eigenvalue weighted by molar-refractivity contribution is 5.41. The second kappa shape index (κ2) is 7.64. The molecule has 0 bridgehead atoms. The Hall–Kier alpha value is -1.30. The normalized spacial score (nSPS) is 18.5. The van der Waals surface area contributed by atoms with Crippen molar-refractivity contribution in [2.24, 2.45) is 0 Å². The van der Waals surface area contributed by atoms with Gasteiger partial charge in [0, 0.05) is 38.3 Å². The maximum absolute atomic E-state index is 10.5. The van der Waals surface area contributed by atoms with Crippen molar-refractivity contribution >= 4 is 0 Å². The summed E-state index contributed by atoms with van der Waals surface area (Å²) in [5.41, 5.74) is 0.787. The molecule has 0 spiro atoms. The van der Waals surface area contributed by atoms with E-state index in [1.165, 1.54) is 0 Å². The van der Waals surface area contributed by atoms with E-state index < -0.39 is 6.10 Å². The second-order valence-electron chi connectivity index (χ2n) is 5.36. The Labute approximate surface area is 127 Å². The van der Waals surface area contributed by atoms with Crippen molar-refractivity contribution in [3.05, 3.63) is 23.8 Å². The minimum Gasteiger partial charge on any atom is -0.497 e. The summed E-state index contributed by atoms with van der Waals surface area (Å²) in [6, 6.07) is 5.53. The van der Waals surface area contributed by atoms with Crippen LogP contribution in [0.15, 0.2) is 18.2 Å². The molecule has 1 aliphatic rings. The number of ether oxygens (including phenoxy) is 2. The van der Waals surface area contributed by atoms with Gasteiger partial charge in [-0.3, -0.25) is 4.90 Å². The van der Waals surface area contributed by atoms with Crippen LogP contribution in [0.2, 0.25) is 0 Å². The predicted molar refractivity (Wildman–Crippen MR) is 83.1 cm³/mol. The first kappa shape index (κ1) is 16.1. The van der Waals surface area contributed by atoms with E-state index in [2.05, 4.69) is 16.7 Å². The third-order valence-electron chi connectivity index (χ3n) is 4.14. The third-order valence-corrected chi connectivity index (χ3v) is 4.14. The fourth-order valence-corrected chi connectivity index (χ4v) is 2.73. The van der Waals surface area contributed by atoms with Crippen LogP contribution in [0.25, 0.3) is 0 Å². The largest absolute Gasteiger partial charge is 0.497 e. The average molecular weight is 294 g/mol. The molecule has 1 heterocycles. The van der Waals surface area contributed by atoms with E-state index in [4.69, 9.17) is 9.47 Å². The number of hydrogen-bond donors (Lipinski definition) is 1. The maximum atomic E-state index is 10.5. The number of aliphatic hydroxyl groups is 1. The number of piperazine rings is 1. The van der Waals surface area contributed by atoms with Crippen LogP contribution in [-0.2, 0) is 0 Å². The average Bonchev–Trinajstić information content (AvgIpc) is 2.54. The molecule has 5 nitrogen and oxygen atoms in total. The van der Waals surface area contributed by atoms with Gasteiger partial charge in [-0.25, -0.2) is 0 Å². The van der Waals surface area contributed by atoms with Crippen molar-refractivity contribution < 1.29 is 14.6 Å². The lowest BCUT2D eigenvalue weighted by Gasteiger charge is -2.35. The van der Waals surface area contributed by atoms with E-state index in [1.807, 2.05) is 18.2 Å². The van der Waals surface area contributed by atoms with Gasteiger partial charge in [0.2, 0.25) is 0 Å². The van der Waals surface area contributed by atoms with Gasteiger partial charge in [0.25, 0.3) is 0 Å². The number of aliphatic hydroxyl groups excluding tert-OH is 1. The Balaban J connectivity index is 2.01. The van der Waals surface area contributed by atoms with Gasteiger partial charge in [-0.05, 0) is 24.7 Å². The van der Waals surface area contributed by atoms with Gasteiger partial charge in [-0.15, -0.1) is 0 Å². The Morgan fingerprint density at radius 1 is 1.10 bits per heavy atom. The summed E-state index contributed by atoms with van der Waals surface area (Å²) >= 11 is 0. The molecule has 1 unspecified atom stereocenters. The first-order chi connectivity index (χ1) is 10.2. The zero-order valence-corrected chi connectivity index (χ0v) is 13.2. The minimum absolute atomic E-state index is 0.566. The molecule has 1 aliphatic heterocycles. The minimum atomic E-state index is -0.566. The SMILES string of the molecule is CCN1CCN(CC(O)c2cc(OC)ccc2OC)CC1. The molecule has 0 amide bonds. The van der Waals surface area contributed by atoms with Crippen molar-refractivity contribution in [3.63, 3.8) is 0 Å². The highest BCUT2D eigenvalue weighted by atomic mass is 16.5. The van der Waals surface area contributed by atoms with E-state index in [9.17, 15) is 5.11 Å². The van der Waals surface area contributed by atoms with Crippen molar-refractivity contribution in [3.8, 4) is 11.5 Å². The van der Waals surface area contributed by atoms with Gasteiger partial charge in [-0.2, -0.15) is 0 Å². The Kier molecular flexibility index (Phi) is 5.85. The first-order valence-corrected chi connectivity index (χ1v) is 7.52. The smallest absolute Gasteiger partial charge is 0.124 e. The van der Waals surface area contributed by atoms with Crippen LogP contribution in [0.4, 0.5) is 0 Å². The fraction of sp³-hybridized carbons (Fsp3) is 0.625. The van der Waals surface area contributed by atoms with Crippen LogP contribution in [0.3, 0.4) is 0 Å². The Morgan fingerprint density at radius 3 is 2.33 bits per heavy atom. The van der Waals surface area contributed by atoms with E-state index in [0.29, 0.717) is 12.3 Å². The number of β-amino-alcohol motifs (C(OH)–C–C–N with tert-alkyl or cyclic N) is 1. The summed E-state index contributed by atoms with van der Waals surface area (Å²) in [5.74, 6) is 1.44. The molecule has 1 N–H and O–H groups in total. The van der Waals surface area contributed by atoms with Crippen molar-refractivity contribution in [1.29, 1.82) is 0 Å². The highest BCUT2D eigenvalue weighted by Gasteiger charge is 2.21. The summed E-state index contributed by atoms with van der Waals surface area (Å²) in [6.07, 6.45) is -0.566. The first-order valence-electron chi connectivity index (χ1n) is 7.52. The lowest BCUT2D eigenvalue weighted by Crippen LogP contribution is -2.47. The Bertz CT molecular complexity index is 445. The molecule has 1 aromatic rings. The summed E-state index contributed by atoms with van der Waals surface area (Å²) < 4.78 is 10.6. The topological polar surface area (TPSA) is 45.2 Å². The van der Waals surface area contributed by atoms with Gasteiger partial charge in [0.05, 0.1) is 20.3 Å². The molecule has 5 heteroatoms. The second-order valence-corrected chi connectivity index (χ2v) is 5.36. The molecule has 1 saturated heterocycles. The van der Waals surface area contributed by atoms with Crippen molar-refractivity contribution in [2.75, 3.05) is 53.5 Å². The monoisotopic (exact) mass is 294 g/mol. The van der Waals surface area contributed by atoms with Crippen molar-refractivity contribution in [2.45, 2.75) is 13.0 Å². The third kappa shape index (κ3) is 4.09. The summed E-state index contributed by atoms with van der Waals surface area (Å²) in [7, 11) is 3.25. The molecule has 2 rings (SSSR count). The van der Waals surface area contributed by atoms with Gasteiger partial charge in [-0.1, -0.05) is 6.92 Å². The molecular weight excluding hydrogens is 268 g/mol. The molecular formula is C16H26N2O3.